The Morgan fingerprint density at radius 3 is 2.73 bits per heavy atom. The smallest absolute Gasteiger partial charge is 0.123 e. The monoisotopic (exact) mass is 207 g/mol. The zero-order valence-electron chi connectivity index (χ0n) is 9.83. The first kappa shape index (κ1) is 12.0. The summed E-state index contributed by atoms with van der Waals surface area (Å²) in [4.78, 5) is 3.99. The molecular formula is C12H21N3. The van der Waals surface area contributed by atoms with Crippen LogP contribution >= 0.6 is 0 Å². The third kappa shape index (κ3) is 4.30. The van der Waals surface area contributed by atoms with Gasteiger partial charge in [-0.2, -0.15) is 0 Å². The molecule has 0 radical (unpaired) electrons. The van der Waals surface area contributed by atoms with E-state index in [0.29, 0.717) is 17.8 Å². The summed E-state index contributed by atoms with van der Waals surface area (Å²) < 4.78 is 0. The Labute approximate surface area is 92.1 Å². The largest absolute Gasteiger partial charge is 0.384 e. The Hall–Kier alpha value is -1.09. The molecule has 1 unspecified atom stereocenters. The summed E-state index contributed by atoms with van der Waals surface area (Å²) in [5.74, 6) is 1.31. The first-order valence-corrected chi connectivity index (χ1v) is 5.49. The SMILES string of the molecule is CNC(Cc1ccnc(N)c1)CC(C)C. The fraction of sp³-hybridized carbons (Fsp3) is 0.583. The first-order chi connectivity index (χ1) is 7.11. The molecule has 3 N–H and O–H groups in total. The van der Waals surface area contributed by atoms with Crippen molar-refractivity contribution in [2.75, 3.05) is 12.8 Å². The van der Waals surface area contributed by atoms with Crippen LogP contribution in [0.4, 0.5) is 5.82 Å². The fourth-order valence-corrected chi connectivity index (χ4v) is 1.78. The van der Waals surface area contributed by atoms with Gasteiger partial charge in [0.2, 0.25) is 0 Å². The number of likely N-dealkylation sites (N-methyl/N-ethyl adjacent to an activating group) is 1. The zero-order valence-corrected chi connectivity index (χ0v) is 9.83. The van der Waals surface area contributed by atoms with E-state index in [1.165, 1.54) is 12.0 Å². The molecule has 0 fully saturated rings. The van der Waals surface area contributed by atoms with E-state index in [1.54, 1.807) is 6.20 Å². The van der Waals surface area contributed by atoms with Crippen LogP contribution in [0, 0.1) is 5.92 Å². The quantitative estimate of drug-likeness (QED) is 0.774. The molecule has 0 aliphatic heterocycles. The van der Waals surface area contributed by atoms with E-state index in [2.05, 4.69) is 24.1 Å². The van der Waals surface area contributed by atoms with Gasteiger partial charge in [0, 0.05) is 12.2 Å². The summed E-state index contributed by atoms with van der Waals surface area (Å²) in [6.45, 7) is 4.48. The average Bonchev–Trinajstić information content (AvgIpc) is 2.16. The van der Waals surface area contributed by atoms with Gasteiger partial charge in [-0.15, -0.1) is 0 Å². The Morgan fingerprint density at radius 2 is 2.20 bits per heavy atom. The minimum atomic E-state index is 0.520. The minimum Gasteiger partial charge on any atom is -0.384 e. The van der Waals surface area contributed by atoms with E-state index in [4.69, 9.17) is 5.73 Å². The van der Waals surface area contributed by atoms with E-state index in [9.17, 15) is 0 Å². The van der Waals surface area contributed by atoms with Crippen LogP contribution in [-0.4, -0.2) is 18.1 Å². The number of pyridine rings is 1. The van der Waals surface area contributed by atoms with Crippen molar-refractivity contribution in [3.63, 3.8) is 0 Å². The van der Waals surface area contributed by atoms with Gasteiger partial charge in [0.1, 0.15) is 5.82 Å². The number of nitrogens with zero attached hydrogens (tertiary/aromatic N) is 1. The molecule has 1 atom stereocenters. The van der Waals surface area contributed by atoms with Crippen LogP contribution in [0.5, 0.6) is 0 Å². The van der Waals surface area contributed by atoms with Gasteiger partial charge in [-0.1, -0.05) is 13.8 Å². The highest BCUT2D eigenvalue weighted by Crippen LogP contribution is 2.11. The maximum atomic E-state index is 5.65. The van der Waals surface area contributed by atoms with Gasteiger partial charge in [0.15, 0.2) is 0 Å². The summed E-state index contributed by atoms with van der Waals surface area (Å²) in [6.07, 6.45) is 3.97. The number of aromatic nitrogens is 1. The van der Waals surface area contributed by atoms with Crippen LogP contribution in [0.15, 0.2) is 18.3 Å². The molecule has 3 nitrogen and oxygen atoms in total. The lowest BCUT2D eigenvalue weighted by atomic mass is 9.98. The number of hydrogen-bond donors (Lipinski definition) is 2. The van der Waals surface area contributed by atoms with Crippen molar-refractivity contribution in [2.45, 2.75) is 32.7 Å². The van der Waals surface area contributed by atoms with Gasteiger partial charge in [-0.25, -0.2) is 4.98 Å². The number of nitrogens with two attached hydrogens (primary N) is 1. The number of nitrogen functional groups attached to an aromatic ring is 1. The van der Waals surface area contributed by atoms with Crippen LogP contribution in [-0.2, 0) is 6.42 Å². The lowest BCUT2D eigenvalue weighted by molar-refractivity contribution is 0.441. The average molecular weight is 207 g/mol. The molecule has 1 rings (SSSR count). The molecule has 0 spiro atoms. The Balaban J connectivity index is 2.58. The van der Waals surface area contributed by atoms with Crippen LogP contribution in [0.2, 0.25) is 0 Å². The molecule has 0 amide bonds. The Kier molecular flexibility index (Phi) is 4.56. The molecule has 0 saturated heterocycles. The number of rotatable bonds is 5. The molecule has 0 bridgehead atoms. The highest BCUT2D eigenvalue weighted by atomic mass is 14.9. The second-order valence-electron chi connectivity index (χ2n) is 4.41. The summed E-state index contributed by atoms with van der Waals surface area (Å²) in [5, 5.41) is 3.34. The maximum absolute atomic E-state index is 5.65. The van der Waals surface area contributed by atoms with E-state index >= 15 is 0 Å². The summed E-state index contributed by atoms with van der Waals surface area (Å²) in [7, 11) is 2.01. The standard InChI is InChI=1S/C12H21N3/c1-9(2)6-11(14-3)7-10-4-5-15-12(13)8-10/h4-5,8-9,11,14H,6-7H2,1-3H3,(H2,13,15). The maximum Gasteiger partial charge on any atom is 0.123 e. The Morgan fingerprint density at radius 1 is 1.47 bits per heavy atom. The van der Waals surface area contributed by atoms with Crippen molar-refractivity contribution < 1.29 is 0 Å². The van der Waals surface area contributed by atoms with Crippen molar-refractivity contribution in [3.8, 4) is 0 Å². The molecule has 84 valence electrons. The van der Waals surface area contributed by atoms with Crippen LogP contribution in [0.25, 0.3) is 0 Å². The topological polar surface area (TPSA) is 50.9 Å². The number of anilines is 1. The van der Waals surface area contributed by atoms with Crippen LogP contribution in [0.3, 0.4) is 0 Å². The molecule has 0 aromatic carbocycles. The van der Waals surface area contributed by atoms with E-state index in [-0.39, 0.29) is 0 Å². The molecule has 1 aromatic heterocycles. The van der Waals surface area contributed by atoms with Crippen LogP contribution < -0.4 is 11.1 Å². The number of nitrogens with one attached hydrogen (secondary N) is 1. The van der Waals surface area contributed by atoms with E-state index in [1.807, 2.05) is 19.2 Å². The van der Waals surface area contributed by atoms with Gasteiger partial charge in [-0.3, -0.25) is 0 Å². The second kappa shape index (κ2) is 5.71. The van der Waals surface area contributed by atoms with Crippen molar-refractivity contribution in [1.29, 1.82) is 0 Å². The molecule has 1 aromatic rings. The molecule has 15 heavy (non-hydrogen) atoms. The van der Waals surface area contributed by atoms with E-state index < -0.39 is 0 Å². The lowest BCUT2D eigenvalue weighted by Crippen LogP contribution is -2.29. The van der Waals surface area contributed by atoms with Gasteiger partial charge in [-0.05, 0) is 43.5 Å². The molecular weight excluding hydrogens is 186 g/mol. The predicted octanol–water partition coefficient (Wildman–Crippen LogP) is 1.84. The minimum absolute atomic E-state index is 0.520. The summed E-state index contributed by atoms with van der Waals surface area (Å²) in [5.41, 5.74) is 6.90. The van der Waals surface area contributed by atoms with E-state index in [0.717, 1.165) is 6.42 Å². The van der Waals surface area contributed by atoms with Gasteiger partial charge in [0.05, 0.1) is 0 Å². The van der Waals surface area contributed by atoms with Crippen LogP contribution in [0.1, 0.15) is 25.8 Å². The second-order valence-corrected chi connectivity index (χ2v) is 4.41. The normalized spacial score (nSPS) is 13.1. The highest BCUT2D eigenvalue weighted by Gasteiger charge is 2.09. The van der Waals surface area contributed by atoms with Crippen molar-refractivity contribution in [2.24, 2.45) is 5.92 Å². The molecule has 0 aliphatic rings. The van der Waals surface area contributed by atoms with Gasteiger partial charge in [0.25, 0.3) is 0 Å². The first-order valence-electron chi connectivity index (χ1n) is 5.49. The van der Waals surface area contributed by atoms with Gasteiger partial charge < -0.3 is 11.1 Å². The predicted molar refractivity (Wildman–Crippen MR) is 64.7 cm³/mol. The lowest BCUT2D eigenvalue weighted by Gasteiger charge is -2.18. The molecule has 1 heterocycles. The summed E-state index contributed by atoms with van der Waals surface area (Å²) >= 11 is 0. The molecule has 0 aliphatic carbocycles. The molecule has 3 heteroatoms. The highest BCUT2D eigenvalue weighted by molar-refractivity contribution is 5.32. The molecule has 0 saturated carbocycles. The van der Waals surface area contributed by atoms with Gasteiger partial charge >= 0.3 is 0 Å². The Bertz CT molecular complexity index is 297. The van der Waals surface area contributed by atoms with Crippen molar-refractivity contribution in [1.82, 2.24) is 10.3 Å². The third-order valence-electron chi connectivity index (χ3n) is 2.49. The zero-order chi connectivity index (χ0) is 11.3. The van der Waals surface area contributed by atoms with Crippen molar-refractivity contribution in [3.05, 3.63) is 23.9 Å². The summed E-state index contributed by atoms with van der Waals surface area (Å²) in [6, 6.07) is 4.50. The fourth-order valence-electron chi connectivity index (χ4n) is 1.78. The number of hydrogen-bond acceptors (Lipinski definition) is 3. The van der Waals surface area contributed by atoms with Crippen molar-refractivity contribution >= 4 is 5.82 Å². The third-order valence-corrected chi connectivity index (χ3v) is 2.49.